The van der Waals surface area contributed by atoms with E-state index in [0.717, 1.165) is 23.8 Å². The summed E-state index contributed by atoms with van der Waals surface area (Å²) in [7, 11) is 3.56. The number of hydrogen-bond acceptors (Lipinski definition) is 1. The number of carbonyl (C=O) groups is 1. The predicted octanol–water partition coefficient (Wildman–Crippen LogP) is 3.49. The Morgan fingerprint density at radius 1 is 1.06 bits per heavy atom. The minimum atomic E-state index is 0.0535. The molecule has 0 aliphatic carbocycles. The third-order valence-corrected chi connectivity index (χ3v) is 3.10. The van der Waals surface area contributed by atoms with Crippen molar-refractivity contribution < 1.29 is 4.79 Å². The summed E-state index contributed by atoms with van der Waals surface area (Å²) in [6, 6.07) is 12.4. The molecule has 0 saturated carbocycles. The highest BCUT2D eigenvalue weighted by molar-refractivity contribution is 5.98. The lowest BCUT2D eigenvalue weighted by molar-refractivity contribution is 0.0828. The monoisotopic (exact) mass is 241 g/mol. The molecule has 18 heavy (non-hydrogen) atoms. The van der Waals surface area contributed by atoms with Crippen LogP contribution in [0.5, 0.6) is 0 Å². The molecule has 0 aromatic heterocycles. The van der Waals surface area contributed by atoms with Crippen molar-refractivity contribution >= 4 is 16.7 Å². The van der Waals surface area contributed by atoms with E-state index < -0.39 is 0 Å². The number of aryl methyl sites for hydroxylation is 1. The summed E-state index contributed by atoms with van der Waals surface area (Å²) in [5.41, 5.74) is 2.08. The molecule has 0 atom stereocenters. The standard InChI is InChI=1S/C16H19NO/c1-4-5-12-6-7-13-8-9-14(11-15(13)10-12)16(18)17(2)3/h6-11H,4-5H2,1-3H3. The van der Waals surface area contributed by atoms with Crippen molar-refractivity contribution in [3.8, 4) is 0 Å². The van der Waals surface area contributed by atoms with Crippen molar-refractivity contribution in [1.29, 1.82) is 0 Å². The quantitative estimate of drug-likeness (QED) is 0.805. The van der Waals surface area contributed by atoms with Crippen LogP contribution in [-0.4, -0.2) is 24.9 Å². The molecule has 0 aliphatic rings. The Kier molecular flexibility index (Phi) is 3.66. The van der Waals surface area contributed by atoms with Crippen molar-refractivity contribution in [3.05, 3.63) is 47.5 Å². The smallest absolute Gasteiger partial charge is 0.253 e. The molecule has 2 aromatic rings. The molecule has 0 bridgehead atoms. The first-order chi connectivity index (χ1) is 8.61. The Hall–Kier alpha value is -1.83. The molecular formula is C16H19NO. The van der Waals surface area contributed by atoms with Crippen LogP contribution in [0.15, 0.2) is 36.4 Å². The summed E-state index contributed by atoms with van der Waals surface area (Å²) in [5, 5.41) is 2.33. The van der Waals surface area contributed by atoms with E-state index in [0.29, 0.717) is 0 Å². The van der Waals surface area contributed by atoms with E-state index in [1.54, 1.807) is 19.0 Å². The fraction of sp³-hybridized carbons (Fsp3) is 0.312. The zero-order valence-corrected chi connectivity index (χ0v) is 11.2. The molecule has 0 aliphatic heterocycles. The fourth-order valence-corrected chi connectivity index (χ4v) is 2.13. The summed E-state index contributed by atoms with van der Waals surface area (Å²) >= 11 is 0. The fourth-order valence-electron chi connectivity index (χ4n) is 2.13. The van der Waals surface area contributed by atoms with E-state index in [9.17, 15) is 4.79 Å². The Labute approximate surface area is 108 Å². The Bertz CT molecular complexity index is 572. The van der Waals surface area contributed by atoms with Gasteiger partial charge in [-0.05, 0) is 34.9 Å². The van der Waals surface area contributed by atoms with Gasteiger partial charge in [-0.3, -0.25) is 4.79 Å². The number of amides is 1. The summed E-state index contributed by atoms with van der Waals surface area (Å²) < 4.78 is 0. The van der Waals surface area contributed by atoms with Crippen LogP contribution >= 0.6 is 0 Å². The topological polar surface area (TPSA) is 20.3 Å². The molecule has 2 aromatic carbocycles. The lowest BCUT2D eigenvalue weighted by Gasteiger charge is -2.11. The SMILES string of the molecule is CCCc1ccc2ccc(C(=O)N(C)C)cc2c1. The van der Waals surface area contributed by atoms with E-state index in [1.807, 2.05) is 18.2 Å². The Balaban J connectivity index is 2.45. The van der Waals surface area contributed by atoms with Crippen LogP contribution in [0.1, 0.15) is 29.3 Å². The number of nitrogens with zero attached hydrogens (tertiary/aromatic N) is 1. The third kappa shape index (κ3) is 2.53. The molecule has 2 heteroatoms. The average molecular weight is 241 g/mol. The molecule has 0 unspecified atom stereocenters. The average Bonchev–Trinajstić information content (AvgIpc) is 2.37. The van der Waals surface area contributed by atoms with Gasteiger partial charge in [-0.2, -0.15) is 0 Å². The normalized spacial score (nSPS) is 10.6. The minimum Gasteiger partial charge on any atom is -0.345 e. The maximum atomic E-state index is 11.9. The summed E-state index contributed by atoms with van der Waals surface area (Å²) in [4.78, 5) is 13.5. The molecule has 0 radical (unpaired) electrons. The van der Waals surface area contributed by atoms with Gasteiger partial charge in [-0.1, -0.05) is 37.6 Å². The second-order valence-corrected chi connectivity index (χ2v) is 4.85. The first kappa shape index (κ1) is 12.6. The van der Waals surface area contributed by atoms with Gasteiger partial charge in [0.2, 0.25) is 0 Å². The zero-order chi connectivity index (χ0) is 13.1. The lowest BCUT2D eigenvalue weighted by Crippen LogP contribution is -2.21. The van der Waals surface area contributed by atoms with Gasteiger partial charge in [0, 0.05) is 19.7 Å². The van der Waals surface area contributed by atoms with Crippen LogP contribution < -0.4 is 0 Å². The molecule has 0 spiro atoms. The third-order valence-electron chi connectivity index (χ3n) is 3.10. The number of hydrogen-bond donors (Lipinski definition) is 0. The molecular weight excluding hydrogens is 222 g/mol. The van der Waals surface area contributed by atoms with Crippen LogP contribution in [0.25, 0.3) is 10.8 Å². The van der Waals surface area contributed by atoms with Gasteiger partial charge in [0.05, 0.1) is 0 Å². The molecule has 2 nitrogen and oxygen atoms in total. The van der Waals surface area contributed by atoms with Crippen LogP contribution in [0.3, 0.4) is 0 Å². The van der Waals surface area contributed by atoms with Gasteiger partial charge < -0.3 is 4.90 Å². The van der Waals surface area contributed by atoms with Crippen LogP contribution in [0, 0.1) is 0 Å². The maximum absolute atomic E-state index is 11.9. The molecule has 1 amide bonds. The van der Waals surface area contributed by atoms with Gasteiger partial charge in [0.25, 0.3) is 5.91 Å². The first-order valence-electron chi connectivity index (χ1n) is 6.36. The second kappa shape index (κ2) is 5.21. The van der Waals surface area contributed by atoms with Crippen LogP contribution in [0.2, 0.25) is 0 Å². The second-order valence-electron chi connectivity index (χ2n) is 4.85. The minimum absolute atomic E-state index is 0.0535. The first-order valence-corrected chi connectivity index (χ1v) is 6.36. The van der Waals surface area contributed by atoms with Crippen LogP contribution in [0.4, 0.5) is 0 Å². The van der Waals surface area contributed by atoms with Gasteiger partial charge >= 0.3 is 0 Å². The van der Waals surface area contributed by atoms with Crippen molar-refractivity contribution in [1.82, 2.24) is 4.90 Å². The largest absolute Gasteiger partial charge is 0.345 e. The van der Waals surface area contributed by atoms with E-state index in [4.69, 9.17) is 0 Å². The summed E-state index contributed by atoms with van der Waals surface area (Å²) in [5.74, 6) is 0.0535. The van der Waals surface area contributed by atoms with Gasteiger partial charge in [0.15, 0.2) is 0 Å². The molecule has 0 saturated heterocycles. The molecule has 94 valence electrons. The van der Waals surface area contributed by atoms with Crippen molar-refractivity contribution in [3.63, 3.8) is 0 Å². The van der Waals surface area contributed by atoms with Crippen LogP contribution in [-0.2, 0) is 6.42 Å². The van der Waals surface area contributed by atoms with Gasteiger partial charge in [-0.15, -0.1) is 0 Å². The molecule has 2 rings (SSSR count). The van der Waals surface area contributed by atoms with Crippen molar-refractivity contribution in [2.45, 2.75) is 19.8 Å². The highest BCUT2D eigenvalue weighted by Gasteiger charge is 2.08. The molecule has 0 fully saturated rings. The van der Waals surface area contributed by atoms with Crippen molar-refractivity contribution in [2.75, 3.05) is 14.1 Å². The number of benzene rings is 2. The van der Waals surface area contributed by atoms with Gasteiger partial charge in [-0.25, -0.2) is 0 Å². The summed E-state index contributed by atoms with van der Waals surface area (Å²) in [6.07, 6.45) is 2.23. The molecule has 0 N–H and O–H groups in total. The maximum Gasteiger partial charge on any atom is 0.253 e. The number of rotatable bonds is 3. The molecule has 0 heterocycles. The zero-order valence-electron chi connectivity index (χ0n) is 11.2. The lowest BCUT2D eigenvalue weighted by atomic mass is 10.0. The highest BCUT2D eigenvalue weighted by Crippen LogP contribution is 2.19. The Morgan fingerprint density at radius 3 is 2.44 bits per heavy atom. The summed E-state index contributed by atoms with van der Waals surface area (Å²) in [6.45, 7) is 2.18. The van der Waals surface area contributed by atoms with Gasteiger partial charge in [0.1, 0.15) is 0 Å². The van der Waals surface area contributed by atoms with E-state index in [1.165, 1.54) is 10.9 Å². The Morgan fingerprint density at radius 2 is 1.78 bits per heavy atom. The van der Waals surface area contributed by atoms with E-state index >= 15 is 0 Å². The number of fused-ring (bicyclic) bond motifs is 1. The van der Waals surface area contributed by atoms with Crippen molar-refractivity contribution in [2.24, 2.45) is 0 Å². The highest BCUT2D eigenvalue weighted by atomic mass is 16.2. The predicted molar refractivity (Wildman–Crippen MR) is 76.0 cm³/mol. The number of carbonyl (C=O) groups excluding carboxylic acids is 1. The van der Waals surface area contributed by atoms with E-state index in [2.05, 4.69) is 25.1 Å². The van der Waals surface area contributed by atoms with E-state index in [-0.39, 0.29) is 5.91 Å².